The number of benzene rings is 2. The second kappa shape index (κ2) is 7.70. The Kier molecular flexibility index (Phi) is 6.25. The van der Waals surface area contributed by atoms with E-state index in [2.05, 4.69) is 5.73 Å². The van der Waals surface area contributed by atoms with Gasteiger partial charge in [-0.25, -0.2) is 0 Å². The summed E-state index contributed by atoms with van der Waals surface area (Å²) in [7, 11) is 1.50. The molecule has 0 heterocycles. The molecule has 1 atom stereocenters. The summed E-state index contributed by atoms with van der Waals surface area (Å²) in [5.41, 5.74) is 5.51. The lowest BCUT2D eigenvalue weighted by atomic mass is 9.91. The summed E-state index contributed by atoms with van der Waals surface area (Å²) in [5.74, 6) is -1.44. The van der Waals surface area contributed by atoms with Crippen molar-refractivity contribution in [1.82, 2.24) is 0 Å². The van der Waals surface area contributed by atoms with E-state index in [0.717, 1.165) is 0 Å². The first kappa shape index (κ1) is 16.2. The Morgan fingerprint density at radius 2 is 1.30 bits per heavy atom. The SMILES string of the molecule is CN.FC(F)(F)C(Cc1ccccc1)c1ccccc1. The van der Waals surface area contributed by atoms with Gasteiger partial charge in [0.05, 0.1) is 5.92 Å². The lowest BCUT2D eigenvalue weighted by Crippen LogP contribution is -2.22. The molecular weight excluding hydrogens is 263 g/mol. The van der Waals surface area contributed by atoms with E-state index in [4.69, 9.17) is 0 Å². The highest BCUT2D eigenvalue weighted by Crippen LogP contribution is 2.37. The first-order valence-electron chi connectivity index (χ1n) is 6.30. The minimum absolute atomic E-state index is 0.0195. The largest absolute Gasteiger partial charge is 0.396 e. The molecule has 0 aliphatic heterocycles. The van der Waals surface area contributed by atoms with Crippen LogP contribution < -0.4 is 5.73 Å². The van der Waals surface area contributed by atoms with Gasteiger partial charge in [-0.15, -0.1) is 0 Å². The summed E-state index contributed by atoms with van der Waals surface area (Å²) in [5, 5.41) is 0. The average molecular weight is 281 g/mol. The predicted octanol–water partition coefficient (Wildman–Crippen LogP) is 4.15. The zero-order chi connectivity index (χ0) is 15.0. The predicted molar refractivity (Wildman–Crippen MR) is 75.5 cm³/mol. The maximum atomic E-state index is 13.1. The second-order valence-corrected chi connectivity index (χ2v) is 4.19. The van der Waals surface area contributed by atoms with Gasteiger partial charge >= 0.3 is 6.18 Å². The van der Waals surface area contributed by atoms with Gasteiger partial charge in [0.1, 0.15) is 0 Å². The fourth-order valence-corrected chi connectivity index (χ4v) is 1.96. The van der Waals surface area contributed by atoms with Crippen LogP contribution in [0, 0.1) is 0 Å². The van der Waals surface area contributed by atoms with Gasteiger partial charge in [-0.3, -0.25) is 0 Å². The second-order valence-electron chi connectivity index (χ2n) is 4.19. The topological polar surface area (TPSA) is 26.0 Å². The molecule has 0 spiro atoms. The van der Waals surface area contributed by atoms with E-state index in [-0.39, 0.29) is 6.42 Å². The number of alkyl halides is 3. The van der Waals surface area contributed by atoms with Crippen LogP contribution in [0.25, 0.3) is 0 Å². The van der Waals surface area contributed by atoms with Crippen LogP contribution in [0.15, 0.2) is 60.7 Å². The molecule has 0 saturated carbocycles. The van der Waals surface area contributed by atoms with Gasteiger partial charge in [-0.1, -0.05) is 60.7 Å². The number of nitrogens with two attached hydrogens (primary N) is 1. The molecule has 0 aliphatic carbocycles. The zero-order valence-corrected chi connectivity index (χ0v) is 11.3. The number of hydrogen-bond acceptors (Lipinski definition) is 1. The minimum Gasteiger partial charge on any atom is -0.333 e. The minimum atomic E-state index is -4.23. The Morgan fingerprint density at radius 3 is 1.75 bits per heavy atom. The van der Waals surface area contributed by atoms with Crippen molar-refractivity contribution < 1.29 is 13.2 Å². The van der Waals surface area contributed by atoms with Crippen molar-refractivity contribution in [3.8, 4) is 0 Å². The Hall–Kier alpha value is -1.81. The maximum absolute atomic E-state index is 13.1. The number of hydrogen-bond donors (Lipinski definition) is 1. The Bertz CT molecular complexity index is 480. The highest BCUT2D eigenvalue weighted by molar-refractivity contribution is 5.25. The zero-order valence-electron chi connectivity index (χ0n) is 11.3. The number of halogens is 3. The molecule has 0 saturated heterocycles. The third-order valence-electron chi connectivity index (χ3n) is 2.88. The molecule has 1 nitrogen and oxygen atoms in total. The lowest BCUT2D eigenvalue weighted by molar-refractivity contribution is -0.150. The van der Waals surface area contributed by atoms with E-state index in [1.54, 1.807) is 48.5 Å². The molecule has 0 amide bonds. The summed E-state index contributed by atoms with van der Waals surface area (Å²) in [6.07, 6.45) is -4.24. The summed E-state index contributed by atoms with van der Waals surface area (Å²) in [6, 6.07) is 16.8. The molecule has 0 bridgehead atoms. The van der Waals surface area contributed by atoms with E-state index in [9.17, 15) is 13.2 Å². The highest BCUT2D eigenvalue weighted by Gasteiger charge is 2.40. The Balaban J connectivity index is 0.000000956. The van der Waals surface area contributed by atoms with Crippen LogP contribution >= 0.6 is 0 Å². The van der Waals surface area contributed by atoms with Gasteiger partial charge < -0.3 is 5.73 Å². The van der Waals surface area contributed by atoms with Crippen molar-refractivity contribution in [1.29, 1.82) is 0 Å². The fourth-order valence-electron chi connectivity index (χ4n) is 1.96. The van der Waals surface area contributed by atoms with Crippen molar-refractivity contribution in [2.45, 2.75) is 18.5 Å². The highest BCUT2D eigenvalue weighted by atomic mass is 19.4. The van der Waals surface area contributed by atoms with Crippen LogP contribution in [0.3, 0.4) is 0 Å². The van der Waals surface area contributed by atoms with Crippen LogP contribution in [0.4, 0.5) is 13.2 Å². The smallest absolute Gasteiger partial charge is 0.333 e. The first-order valence-corrected chi connectivity index (χ1v) is 6.30. The normalized spacial score (nSPS) is 12.2. The first-order chi connectivity index (χ1) is 9.57. The molecule has 20 heavy (non-hydrogen) atoms. The maximum Gasteiger partial charge on any atom is 0.396 e. The van der Waals surface area contributed by atoms with Crippen LogP contribution in [0.2, 0.25) is 0 Å². The van der Waals surface area contributed by atoms with Crippen molar-refractivity contribution in [3.05, 3.63) is 71.8 Å². The Labute approximate surface area is 117 Å². The van der Waals surface area contributed by atoms with Gasteiger partial charge in [0.25, 0.3) is 0 Å². The van der Waals surface area contributed by atoms with Gasteiger partial charge in [-0.2, -0.15) is 13.2 Å². The van der Waals surface area contributed by atoms with Crippen molar-refractivity contribution in [3.63, 3.8) is 0 Å². The van der Waals surface area contributed by atoms with E-state index in [1.807, 2.05) is 0 Å². The van der Waals surface area contributed by atoms with E-state index in [0.29, 0.717) is 11.1 Å². The molecule has 108 valence electrons. The quantitative estimate of drug-likeness (QED) is 0.898. The van der Waals surface area contributed by atoms with E-state index in [1.165, 1.54) is 19.2 Å². The number of rotatable bonds is 3. The molecule has 2 aromatic carbocycles. The van der Waals surface area contributed by atoms with Crippen LogP contribution in [0.5, 0.6) is 0 Å². The van der Waals surface area contributed by atoms with Gasteiger partial charge in [0, 0.05) is 0 Å². The molecule has 0 aliphatic rings. The molecule has 1 unspecified atom stereocenters. The van der Waals surface area contributed by atoms with Gasteiger partial charge in [0.15, 0.2) is 0 Å². The Morgan fingerprint density at radius 1 is 0.850 bits per heavy atom. The lowest BCUT2D eigenvalue weighted by Gasteiger charge is -2.20. The van der Waals surface area contributed by atoms with Crippen LogP contribution in [-0.4, -0.2) is 13.2 Å². The summed E-state index contributed by atoms with van der Waals surface area (Å²) in [4.78, 5) is 0. The third kappa shape index (κ3) is 4.70. The standard InChI is InChI=1S/C15H13F3.CH5N/c16-15(17,18)14(13-9-5-2-6-10-13)11-12-7-3-1-4-8-12;1-2/h1-10,14H,11H2;2H2,1H3. The summed E-state index contributed by atoms with van der Waals surface area (Å²) < 4.78 is 39.3. The van der Waals surface area contributed by atoms with E-state index < -0.39 is 12.1 Å². The van der Waals surface area contributed by atoms with Crippen molar-refractivity contribution in [2.75, 3.05) is 7.05 Å². The van der Waals surface area contributed by atoms with E-state index >= 15 is 0 Å². The van der Waals surface area contributed by atoms with Crippen LogP contribution in [0.1, 0.15) is 17.0 Å². The fraction of sp³-hybridized carbons (Fsp3) is 0.250. The third-order valence-corrected chi connectivity index (χ3v) is 2.88. The molecule has 0 aromatic heterocycles. The van der Waals surface area contributed by atoms with Gasteiger partial charge in [0.2, 0.25) is 0 Å². The molecule has 0 radical (unpaired) electrons. The molecule has 2 rings (SSSR count). The summed E-state index contributed by atoms with van der Waals surface area (Å²) >= 11 is 0. The van der Waals surface area contributed by atoms with Crippen LogP contribution in [-0.2, 0) is 6.42 Å². The summed E-state index contributed by atoms with van der Waals surface area (Å²) in [6.45, 7) is 0. The molecule has 2 N–H and O–H groups in total. The molecule has 4 heteroatoms. The van der Waals surface area contributed by atoms with Crippen molar-refractivity contribution >= 4 is 0 Å². The average Bonchev–Trinajstić information content (AvgIpc) is 2.48. The van der Waals surface area contributed by atoms with Crippen molar-refractivity contribution in [2.24, 2.45) is 5.73 Å². The molecule has 2 aromatic rings. The molecular formula is C16H18F3N. The van der Waals surface area contributed by atoms with Gasteiger partial charge in [-0.05, 0) is 24.6 Å². The molecule has 0 fully saturated rings. The monoisotopic (exact) mass is 281 g/mol.